The van der Waals surface area contributed by atoms with Crippen LogP contribution in [0.15, 0.2) is 40.8 Å². The minimum absolute atomic E-state index is 0.155. The topological polar surface area (TPSA) is 161 Å². The van der Waals surface area contributed by atoms with Gasteiger partial charge in [0.2, 0.25) is 0 Å². The van der Waals surface area contributed by atoms with E-state index in [2.05, 4.69) is 10.6 Å². The SMILES string of the molecule is NC(=O)c1c(NC(=O)c2ccc([N+](=O)[O-])o2)sc2c1CCN(C(=O)Nc1ccc(Cl)cc1)C2. The number of thiophene rings is 1. The molecule has 0 saturated carbocycles. The van der Waals surface area contributed by atoms with Crippen molar-refractivity contribution in [3.05, 3.63) is 73.3 Å². The number of nitrogens with two attached hydrogens (primary N) is 1. The summed E-state index contributed by atoms with van der Waals surface area (Å²) in [5.41, 5.74) is 6.94. The molecule has 11 nitrogen and oxygen atoms in total. The summed E-state index contributed by atoms with van der Waals surface area (Å²) in [6, 6.07) is 8.56. The molecule has 0 bridgehead atoms. The average molecular weight is 490 g/mol. The number of rotatable bonds is 5. The van der Waals surface area contributed by atoms with Gasteiger partial charge in [-0.2, -0.15) is 0 Å². The molecule has 0 atom stereocenters. The van der Waals surface area contributed by atoms with Crippen LogP contribution in [-0.2, 0) is 13.0 Å². The van der Waals surface area contributed by atoms with Crippen LogP contribution in [0.4, 0.5) is 21.4 Å². The number of nitro groups is 1. The van der Waals surface area contributed by atoms with Gasteiger partial charge < -0.3 is 25.7 Å². The standard InChI is InChI=1S/C20H16ClN5O6S/c21-10-1-3-11(4-2-10)23-20(29)25-8-7-12-14(9-25)33-19(16(12)17(22)27)24-18(28)13-5-6-15(32-13)26(30)31/h1-6H,7-9H2,(H2,22,27)(H,23,29)(H,24,28). The molecular formula is C20H16ClN5O6S. The van der Waals surface area contributed by atoms with E-state index >= 15 is 0 Å². The van der Waals surface area contributed by atoms with Crippen LogP contribution in [0.1, 0.15) is 31.4 Å². The van der Waals surface area contributed by atoms with E-state index in [0.29, 0.717) is 34.1 Å². The highest BCUT2D eigenvalue weighted by atomic mass is 35.5. The fraction of sp³-hybridized carbons (Fsp3) is 0.150. The number of fused-ring (bicyclic) bond motifs is 1. The number of anilines is 2. The van der Waals surface area contributed by atoms with Gasteiger partial charge >= 0.3 is 11.9 Å². The van der Waals surface area contributed by atoms with E-state index < -0.39 is 22.6 Å². The van der Waals surface area contributed by atoms with Crippen molar-refractivity contribution in [2.24, 2.45) is 5.73 Å². The minimum atomic E-state index is -0.765. The Morgan fingerprint density at radius 1 is 1.15 bits per heavy atom. The second-order valence-electron chi connectivity index (χ2n) is 7.03. The fourth-order valence-corrected chi connectivity index (χ4v) is 4.76. The van der Waals surface area contributed by atoms with Crippen LogP contribution in [0.25, 0.3) is 0 Å². The summed E-state index contributed by atoms with van der Waals surface area (Å²) in [6.45, 7) is 0.545. The Hall–Kier alpha value is -3.90. The molecule has 0 saturated heterocycles. The zero-order valence-electron chi connectivity index (χ0n) is 16.8. The summed E-state index contributed by atoms with van der Waals surface area (Å²) in [4.78, 5) is 49.5. The van der Waals surface area contributed by atoms with Crippen LogP contribution in [0.5, 0.6) is 0 Å². The van der Waals surface area contributed by atoms with Crippen molar-refractivity contribution in [2.75, 3.05) is 17.2 Å². The summed E-state index contributed by atoms with van der Waals surface area (Å²) in [6.07, 6.45) is 0.361. The zero-order valence-corrected chi connectivity index (χ0v) is 18.4. The third-order valence-corrected chi connectivity index (χ3v) is 6.29. The maximum Gasteiger partial charge on any atom is 0.433 e. The molecule has 13 heteroatoms. The van der Waals surface area contributed by atoms with Gasteiger partial charge in [0.15, 0.2) is 5.76 Å². The highest BCUT2D eigenvalue weighted by molar-refractivity contribution is 7.17. The molecule has 1 aliphatic heterocycles. The van der Waals surface area contributed by atoms with Gasteiger partial charge in [0, 0.05) is 22.1 Å². The van der Waals surface area contributed by atoms with Crippen LogP contribution in [0, 0.1) is 10.1 Å². The molecule has 0 fully saturated rings. The van der Waals surface area contributed by atoms with Gasteiger partial charge in [0.1, 0.15) is 9.92 Å². The molecule has 4 N–H and O–H groups in total. The molecule has 4 rings (SSSR count). The Kier molecular flexibility index (Phi) is 6.03. The summed E-state index contributed by atoms with van der Waals surface area (Å²) in [7, 11) is 0. The van der Waals surface area contributed by atoms with Gasteiger partial charge in [-0.05, 0) is 42.3 Å². The number of halogens is 1. The summed E-state index contributed by atoms with van der Waals surface area (Å²) in [5.74, 6) is -2.36. The van der Waals surface area contributed by atoms with E-state index in [1.54, 1.807) is 29.2 Å². The molecule has 33 heavy (non-hydrogen) atoms. The first-order chi connectivity index (χ1) is 15.7. The number of carbonyl (C=O) groups excluding carboxylic acids is 3. The maximum absolute atomic E-state index is 12.7. The van der Waals surface area contributed by atoms with Crippen molar-refractivity contribution in [3.8, 4) is 0 Å². The molecule has 1 aromatic carbocycles. The largest absolute Gasteiger partial charge is 0.433 e. The van der Waals surface area contributed by atoms with E-state index in [1.807, 2.05) is 0 Å². The van der Waals surface area contributed by atoms with Crippen molar-refractivity contribution in [3.63, 3.8) is 0 Å². The fourth-order valence-electron chi connectivity index (χ4n) is 3.37. The number of urea groups is 1. The second kappa shape index (κ2) is 8.92. The predicted octanol–water partition coefficient (Wildman–Crippen LogP) is 3.84. The van der Waals surface area contributed by atoms with Crippen molar-refractivity contribution >= 4 is 57.4 Å². The molecule has 0 aliphatic carbocycles. The van der Waals surface area contributed by atoms with Crippen LogP contribution in [0.3, 0.4) is 0 Å². The molecular weight excluding hydrogens is 474 g/mol. The Morgan fingerprint density at radius 3 is 2.52 bits per heavy atom. The van der Waals surface area contributed by atoms with Crippen molar-refractivity contribution in [2.45, 2.75) is 13.0 Å². The Balaban J connectivity index is 1.52. The Morgan fingerprint density at radius 2 is 1.88 bits per heavy atom. The first-order valence-corrected chi connectivity index (χ1v) is 10.7. The van der Waals surface area contributed by atoms with Crippen LogP contribution in [0.2, 0.25) is 5.02 Å². The van der Waals surface area contributed by atoms with E-state index in [0.717, 1.165) is 23.5 Å². The Bertz CT molecular complexity index is 1270. The second-order valence-corrected chi connectivity index (χ2v) is 8.57. The average Bonchev–Trinajstić information content (AvgIpc) is 3.39. The van der Waals surface area contributed by atoms with Crippen LogP contribution >= 0.6 is 22.9 Å². The summed E-state index contributed by atoms with van der Waals surface area (Å²) >= 11 is 6.97. The lowest BCUT2D eigenvalue weighted by Gasteiger charge is -2.27. The third kappa shape index (κ3) is 4.66. The van der Waals surface area contributed by atoms with E-state index in [-0.39, 0.29) is 28.9 Å². The number of hydrogen-bond donors (Lipinski definition) is 3. The van der Waals surface area contributed by atoms with Gasteiger partial charge in [0.05, 0.1) is 18.2 Å². The lowest BCUT2D eigenvalue weighted by atomic mass is 10.0. The van der Waals surface area contributed by atoms with Crippen LogP contribution < -0.4 is 16.4 Å². The highest BCUT2D eigenvalue weighted by Gasteiger charge is 2.30. The first-order valence-electron chi connectivity index (χ1n) is 9.54. The van der Waals surface area contributed by atoms with Gasteiger partial charge in [0.25, 0.3) is 11.8 Å². The molecule has 3 heterocycles. The summed E-state index contributed by atoms with van der Waals surface area (Å²) in [5, 5.41) is 16.8. The van der Waals surface area contributed by atoms with Crippen molar-refractivity contribution in [1.29, 1.82) is 0 Å². The number of carbonyl (C=O) groups is 3. The maximum atomic E-state index is 12.7. The molecule has 170 valence electrons. The molecule has 0 radical (unpaired) electrons. The lowest BCUT2D eigenvalue weighted by molar-refractivity contribution is -0.402. The van der Waals surface area contributed by atoms with Gasteiger partial charge in [-0.25, -0.2) is 4.79 Å². The zero-order chi connectivity index (χ0) is 23.7. The highest BCUT2D eigenvalue weighted by Crippen LogP contribution is 2.37. The van der Waals surface area contributed by atoms with Gasteiger partial charge in [-0.3, -0.25) is 19.7 Å². The molecule has 1 aliphatic rings. The first kappa shape index (κ1) is 22.3. The normalized spacial score (nSPS) is 12.7. The monoisotopic (exact) mass is 489 g/mol. The molecule has 2 aromatic heterocycles. The molecule has 4 amide bonds. The van der Waals surface area contributed by atoms with Gasteiger partial charge in [-0.15, -0.1) is 11.3 Å². The number of nitrogens with one attached hydrogen (secondary N) is 2. The minimum Gasteiger partial charge on any atom is -0.395 e. The summed E-state index contributed by atoms with van der Waals surface area (Å²) < 4.78 is 4.90. The molecule has 0 spiro atoms. The van der Waals surface area contributed by atoms with Crippen molar-refractivity contribution < 1.29 is 23.7 Å². The number of benzene rings is 1. The van der Waals surface area contributed by atoms with E-state index in [9.17, 15) is 24.5 Å². The van der Waals surface area contributed by atoms with E-state index in [1.165, 1.54) is 0 Å². The number of amides is 4. The number of hydrogen-bond acceptors (Lipinski definition) is 7. The number of furan rings is 1. The number of nitrogens with zero attached hydrogens (tertiary/aromatic N) is 2. The van der Waals surface area contributed by atoms with Crippen molar-refractivity contribution in [1.82, 2.24) is 4.90 Å². The molecule has 3 aromatic rings. The number of primary amides is 1. The lowest BCUT2D eigenvalue weighted by Crippen LogP contribution is -2.38. The Labute approximate surface area is 195 Å². The van der Waals surface area contributed by atoms with Gasteiger partial charge in [-0.1, -0.05) is 11.6 Å². The molecule has 0 unspecified atom stereocenters. The van der Waals surface area contributed by atoms with Crippen LogP contribution in [-0.4, -0.2) is 34.2 Å². The quantitative estimate of drug-likeness (QED) is 0.364. The smallest absolute Gasteiger partial charge is 0.395 e. The third-order valence-electron chi connectivity index (χ3n) is 4.91. The van der Waals surface area contributed by atoms with E-state index in [4.69, 9.17) is 21.8 Å². The predicted molar refractivity (Wildman–Crippen MR) is 121 cm³/mol.